The first kappa shape index (κ1) is 91.7. The number of carbonyl (C=O) groups excluding carboxylic acids is 1. The van der Waals surface area contributed by atoms with Crippen molar-refractivity contribution in [2.45, 2.75) is 117 Å². The molecule has 6 nitrogen and oxygen atoms in total. The molecule has 0 saturated heterocycles. The van der Waals surface area contributed by atoms with Crippen LogP contribution in [0.3, 0.4) is 0 Å². The van der Waals surface area contributed by atoms with Gasteiger partial charge in [0.15, 0.2) is 15.2 Å². The molecule has 0 saturated carbocycles. The van der Waals surface area contributed by atoms with E-state index in [1.54, 1.807) is 22.7 Å². The molecule has 0 aliphatic carbocycles. The molecule has 2 aliphatic rings. The third kappa shape index (κ3) is 30.3. The van der Waals surface area contributed by atoms with Crippen molar-refractivity contribution < 1.29 is 40.3 Å². The molecule has 0 radical (unpaired) electrons. The number of para-hydroxylation sites is 5. The Morgan fingerprint density at radius 2 is 1.04 bits per heavy atom. The molecule has 7 aromatic rings. The molecule has 2 N–H and O–H groups in total. The van der Waals surface area contributed by atoms with E-state index in [1.165, 1.54) is 68.9 Å². The number of nitrogen functional groups attached to an aromatic ring is 1. The van der Waals surface area contributed by atoms with Crippen molar-refractivity contribution in [2.75, 3.05) is 22.2 Å². The van der Waals surface area contributed by atoms with Crippen LogP contribution >= 0.6 is 152 Å². The van der Waals surface area contributed by atoms with E-state index in [0.717, 1.165) is 15.3 Å². The van der Waals surface area contributed by atoms with Crippen LogP contribution in [0.4, 0.5) is 17.1 Å². The summed E-state index contributed by atoms with van der Waals surface area (Å²) in [6.45, 7) is 32.9. The zero-order chi connectivity index (χ0) is 62.5. The summed E-state index contributed by atoms with van der Waals surface area (Å²) in [6.07, 6.45) is 0. The summed E-state index contributed by atoms with van der Waals surface area (Å²) in [4.78, 5) is 19.8. The van der Waals surface area contributed by atoms with Gasteiger partial charge >= 0.3 is 29.6 Å². The maximum absolute atomic E-state index is 10.9. The van der Waals surface area contributed by atoms with Gasteiger partial charge in [-0.15, -0.1) is 74.1 Å². The Balaban J connectivity index is -0.000000328. The molecule has 85 heavy (non-hydrogen) atoms. The molecule has 0 fully saturated rings. The Bertz CT molecular complexity index is 3020. The van der Waals surface area contributed by atoms with E-state index in [2.05, 4.69) is 226 Å². The number of nitrogens with zero attached hydrogens (tertiary/aromatic N) is 4. The van der Waals surface area contributed by atoms with Gasteiger partial charge in [0.05, 0.1) is 10.3 Å². The number of thioether (sulfide) groups is 2. The van der Waals surface area contributed by atoms with Crippen molar-refractivity contribution in [3.63, 3.8) is 0 Å². The molecule has 0 amide bonds. The zero-order valence-corrected chi connectivity index (χ0v) is 70.8. The number of aryl methyl sites for hydroxylation is 2. The van der Waals surface area contributed by atoms with Crippen molar-refractivity contribution in [1.29, 1.82) is 0 Å². The topological polar surface area (TPSA) is 58.4 Å². The Morgan fingerprint density at radius 3 is 1.36 bits per heavy atom. The standard InChI is InChI=1S/C20H23N2P5S2.C11H11NS2.C11H12NS.C6H7N.C3H11OP5.4C2H6.CH5P.CH4.CH3.Na.H/c1-13-14(2)28-18(21(13)15-9-5-3-6-10-15)19-22(16-11-7-4-8-12-16)17(26-23)20(29-19)27(24)25;1-8-9(2)14-11(13)12(8)10-6-4-3-5-7-10;1-9-10(2)13-8-12(9)11-6-4-3-5-7-11;7-6-4-2-1-3-5-6;1-2(9(6)7)3(4)8-5;5*1-2;;;;/h3-12,26H,23-25H2,1-2H3;3-7H,1-2H3;3-8H,1-2H3;1-5H,7H2;2,8H,5-7H2,1H3;4*1-2H3;2H2,1H3;1H4;1H3;;/q;;+1;;;;;;;;;-1;+1;-1/b19-18+;;;;;;;;;;;;;. The normalized spacial score (nSPS) is 12.9. The Hall–Kier alpha value is 0.300. The fourth-order valence-electron chi connectivity index (χ4n) is 6.69. The molecule has 466 valence electrons. The minimum absolute atomic E-state index is 0. The van der Waals surface area contributed by atoms with Crippen LogP contribution < -0.4 is 49.7 Å². The predicted octanol–water partition coefficient (Wildman–Crippen LogP) is 21.6. The van der Waals surface area contributed by atoms with Gasteiger partial charge in [-0.2, -0.15) is 4.57 Å². The van der Waals surface area contributed by atoms with Crippen molar-refractivity contribution in [3.8, 4) is 11.4 Å². The fourth-order valence-corrected chi connectivity index (χ4v) is 21.6. The van der Waals surface area contributed by atoms with Crippen LogP contribution in [-0.4, -0.2) is 22.4 Å². The summed E-state index contributed by atoms with van der Waals surface area (Å²) in [5, 5.41) is 2.60. The Kier molecular flexibility index (Phi) is 58.0. The van der Waals surface area contributed by atoms with Crippen LogP contribution in [0.1, 0.15) is 106 Å². The van der Waals surface area contributed by atoms with Crippen LogP contribution in [0, 0.1) is 39.1 Å². The minimum atomic E-state index is -0.343. The number of hydrogen-bond donors (Lipinski definition) is 1. The average molecular weight is 1460 g/mol. The van der Waals surface area contributed by atoms with Crippen LogP contribution in [0.5, 0.6) is 0 Å². The second-order valence-corrected chi connectivity index (χ2v) is 37.9. The first-order valence-corrected chi connectivity index (χ1v) is 46.7. The van der Waals surface area contributed by atoms with Gasteiger partial charge in [-0.3, -0.25) is 9.36 Å². The Labute approximate surface area is 584 Å². The van der Waals surface area contributed by atoms with Crippen LogP contribution in [-0.2, 0) is 4.79 Å². The van der Waals surface area contributed by atoms with Crippen molar-refractivity contribution in [2.24, 2.45) is 0 Å². The molecular formula is C62H101N5NaOP11S5. The monoisotopic (exact) mass is 1460 g/mol. The number of anilines is 3. The number of benzene rings is 5. The third-order valence-corrected chi connectivity index (χ3v) is 27.5. The molecule has 4 heterocycles. The molecule has 0 spiro atoms. The molecule has 2 aromatic heterocycles. The number of allylic oxidation sites excluding steroid dienone is 2. The van der Waals surface area contributed by atoms with Crippen molar-refractivity contribution >= 4 is 175 Å². The van der Waals surface area contributed by atoms with Gasteiger partial charge < -0.3 is 24.4 Å². The van der Waals surface area contributed by atoms with Crippen molar-refractivity contribution in [1.82, 2.24) is 4.57 Å². The number of rotatable bonds is 9. The van der Waals surface area contributed by atoms with E-state index >= 15 is 0 Å². The van der Waals surface area contributed by atoms with E-state index in [0.29, 0.717) is 22.1 Å². The quantitative estimate of drug-likeness (QED) is 0.0386. The number of carbonyl (C=O) groups is 1. The fraction of sp³-hybridized carbons (Fsp3) is 0.290. The molecule has 2 aliphatic heterocycles. The van der Waals surface area contributed by atoms with Gasteiger partial charge in [0.1, 0.15) is 10.1 Å². The summed E-state index contributed by atoms with van der Waals surface area (Å²) in [5.41, 5.74) is 19.0. The molecule has 9 rings (SSSR count). The van der Waals surface area contributed by atoms with Gasteiger partial charge in [0.2, 0.25) is 11.2 Å². The average Bonchev–Trinajstić information content (AvgIpc) is 4.45. The van der Waals surface area contributed by atoms with E-state index in [-0.39, 0.29) is 66.1 Å². The van der Waals surface area contributed by atoms with Gasteiger partial charge in [0, 0.05) is 73.3 Å². The molecule has 0 bridgehead atoms. The first-order valence-electron chi connectivity index (χ1n) is 26.9. The van der Waals surface area contributed by atoms with Gasteiger partial charge in [-0.1, -0.05) is 218 Å². The minimum Gasteiger partial charge on any atom is -1.00 e. The van der Waals surface area contributed by atoms with E-state index < -0.39 is 0 Å². The van der Waals surface area contributed by atoms with Crippen LogP contribution in [0.15, 0.2) is 188 Å². The summed E-state index contributed by atoms with van der Waals surface area (Å²) in [7, 11) is 19.7. The van der Waals surface area contributed by atoms with Crippen LogP contribution in [0.25, 0.3) is 11.4 Å². The van der Waals surface area contributed by atoms with E-state index in [4.69, 9.17) is 18.0 Å². The molecule has 10 unspecified atom stereocenters. The van der Waals surface area contributed by atoms with Crippen molar-refractivity contribution in [3.05, 3.63) is 220 Å². The molecular weight excluding hydrogens is 1350 g/mol. The predicted molar refractivity (Wildman–Crippen MR) is 434 cm³/mol. The zero-order valence-electron chi connectivity index (χ0n) is 53.8. The third-order valence-electron chi connectivity index (χ3n) is 11.0. The number of aromatic nitrogens is 2. The first-order chi connectivity index (χ1) is 39.5. The number of nitrogens with two attached hydrogens (primary N) is 1. The van der Waals surface area contributed by atoms with Gasteiger partial charge in [-0.25, -0.2) is 0 Å². The summed E-state index contributed by atoms with van der Waals surface area (Å²) < 4.78 is 6.73. The van der Waals surface area contributed by atoms with E-state index in [1.807, 2.05) is 147 Å². The molecule has 23 heteroatoms. The second-order valence-electron chi connectivity index (χ2n) is 15.8. The van der Waals surface area contributed by atoms with Crippen LogP contribution in [0.2, 0.25) is 0 Å². The summed E-state index contributed by atoms with van der Waals surface area (Å²) in [6, 6.07) is 51.6. The maximum atomic E-state index is 10.9. The second kappa shape index (κ2) is 53.8. The summed E-state index contributed by atoms with van der Waals surface area (Å²) >= 11 is 12.6. The smallest absolute Gasteiger partial charge is 1.00 e. The van der Waals surface area contributed by atoms with E-state index in [9.17, 15) is 4.79 Å². The van der Waals surface area contributed by atoms with Gasteiger partial charge in [-0.05, 0) is 111 Å². The number of thiazole rings is 2. The molecule has 10 atom stereocenters. The summed E-state index contributed by atoms with van der Waals surface area (Å²) in [5.74, 6) is 0. The number of hydrogen-bond acceptors (Lipinski definition) is 9. The SMILES string of the molecule is C.CC.CC.CC.CC.CC(C(=O)PP)P(P)P.CC1=C(C)N(c2ccccc2)/C(=C2\SC(P(P)P)=C(PP)N2c2ccccc2)S1.CP.Cc1sc(=S)n(-c2ccccc2)c1C.Cc1sc[n+](-c2ccccc2)c1C.Nc1ccccc1.[CH3-].[H-].[Na+]. The Morgan fingerprint density at radius 1 is 0.635 bits per heavy atom. The largest absolute Gasteiger partial charge is 1.00 e. The molecule has 5 aromatic carbocycles. The van der Waals surface area contributed by atoms with Gasteiger partial charge in [0.25, 0.3) is 0 Å². The maximum Gasteiger partial charge on any atom is 1.00 e.